The van der Waals surface area contributed by atoms with Crippen molar-refractivity contribution in [3.63, 3.8) is 0 Å². The summed E-state index contributed by atoms with van der Waals surface area (Å²) in [6.45, 7) is 6.90. The number of nitrogens with one attached hydrogen (secondary N) is 1. The molecule has 0 saturated heterocycles. The molecule has 0 spiro atoms. The summed E-state index contributed by atoms with van der Waals surface area (Å²) in [6, 6.07) is 3.48. The Morgan fingerprint density at radius 3 is 2.62 bits per heavy atom. The van der Waals surface area contributed by atoms with Crippen molar-refractivity contribution in [2.45, 2.75) is 27.7 Å². The molecule has 0 aliphatic rings. The third kappa shape index (κ3) is 3.17. The van der Waals surface area contributed by atoms with Gasteiger partial charge >= 0.3 is 5.97 Å². The van der Waals surface area contributed by atoms with Crippen LogP contribution in [0, 0.1) is 26.7 Å². The van der Waals surface area contributed by atoms with Crippen molar-refractivity contribution >= 4 is 23.0 Å². The predicted octanol–water partition coefficient (Wildman–Crippen LogP) is 2.86. The highest BCUT2D eigenvalue weighted by atomic mass is 16.5. The first kappa shape index (κ1) is 17.7. The average molecular weight is 357 g/mol. The summed E-state index contributed by atoms with van der Waals surface area (Å²) in [7, 11) is 0. The van der Waals surface area contributed by atoms with Crippen LogP contribution in [0.15, 0.2) is 21.1 Å². The number of hydrogen-bond donors (Lipinski definition) is 2. The van der Waals surface area contributed by atoms with Crippen molar-refractivity contribution < 1.29 is 23.6 Å². The molecule has 8 heteroatoms. The third-order valence-electron chi connectivity index (χ3n) is 4.17. The Bertz CT molecular complexity index is 1000. The Balaban J connectivity index is 2.05. The van der Waals surface area contributed by atoms with Crippen LogP contribution in [-0.2, 0) is 4.79 Å². The number of pyridine rings is 1. The van der Waals surface area contributed by atoms with E-state index in [4.69, 9.17) is 14.0 Å². The number of carbonyl (C=O) groups excluding carboxylic acids is 1. The number of hydrogen-bond acceptors (Lipinski definition) is 6. The number of furan rings is 1. The first-order valence-corrected chi connectivity index (χ1v) is 8.13. The normalized spacial score (nSPS) is 12.3. The van der Waals surface area contributed by atoms with Gasteiger partial charge in [-0.15, -0.1) is 0 Å². The lowest BCUT2D eigenvalue weighted by molar-refractivity contribution is -0.140. The number of aryl methyl sites for hydroxylation is 3. The molecule has 1 unspecified atom stereocenters. The Morgan fingerprint density at radius 1 is 1.27 bits per heavy atom. The maximum Gasteiger partial charge on any atom is 0.308 e. The molecular weight excluding hydrogens is 338 g/mol. The molecule has 0 aliphatic carbocycles. The van der Waals surface area contributed by atoms with Gasteiger partial charge in [0.25, 0.3) is 11.6 Å². The minimum atomic E-state index is -0.975. The first-order chi connectivity index (χ1) is 12.3. The summed E-state index contributed by atoms with van der Waals surface area (Å²) in [6.07, 6.45) is 0. The molecule has 3 aromatic heterocycles. The molecule has 0 bridgehead atoms. The number of carboxylic acid groups (broad SMARTS) is 1. The van der Waals surface area contributed by atoms with Gasteiger partial charge in [-0.05, 0) is 32.9 Å². The van der Waals surface area contributed by atoms with Crippen molar-refractivity contribution in [3.05, 3.63) is 34.9 Å². The molecule has 0 fully saturated rings. The monoisotopic (exact) mass is 357 g/mol. The van der Waals surface area contributed by atoms with E-state index in [1.807, 2.05) is 19.9 Å². The molecule has 1 amide bonds. The molecule has 8 nitrogen and oxygen atoms in total. The van der Waals surface area contributed by atoms with E-state index in [0.717, 1.165) is 11.3 Å². The summed E-state index contributed by atoms with van der Waals surface area (Å²) in [5.74, 6) is -0.670. The lowest BCUT2D eigenvalue weighted by atomic mass is 10.0. The molecule has 136 valence electrons. The summed E-state index contributed by atoms with van der Waals surface area (Å²) in [4.78, 5) is 28.1. The van der Waals surface area contributed by atoms with Crippen LogP contribution in [-0.4, -0.2) is 33.7 Å². The molecule has 0 aromatic carbocycles. The van der Waals surface area contributed by atoms with Crippen LogP contribution in [0.3, 0.4) is 0 Å². The van der Waals surface area contributed by atoms with Gasteiger partial charge in [-0.25, -0.2) is 4.98 Å². The van der Waals surface area contributed by atoms with Crippen LogP contribution in [0.25, 0.3) is 22.4 Å². The Labute approximate surface area is 149 Å². The van der Waals surface area contributed by atoms with E-state index in [1.54, 1.807) is 13.0 Å². The Morgan fingerprint density at radius 2 is 2.00 bits per heavy atom. The number of amides is 1. The Hall–Kier alpha value is -3.16. The summed E-state index contributed by atoms with van der Waals surface area (Å²) < 4.78 is 10.8. The second kappa shape index (κ2) is 6.62. The van der Waals surface area contributed by atoms with Gasteiger partial charge in [0.1, 0.15) is 11.5 Å². The standard InChI is InChI=1S/C18H19N3O5/c1-8(18(23)24)7-19-16(22)13-6-14(12-5-9(2)25-11(12)4)20-17-15(13)10(3)21-26-17/h5-6,8H,7H2,1-4H3,(H,19,22)(H,23,24). The van der Waals surface area contributed by atoms with Crippen molar-refractivity contribution in [2.24, 2.45) is 5.92 Å². The zero-order valence-corrected chi connectivity index (χ0v) is 14.9. The number of aliphatic carboxylic acids is 1. The summed E-state index contributed by atoms with van der Waals surface area (Å²) >= 11 is 0. The van der Waals surface area contributed by atoms with E-state index >= 15 is 0 Å². The van der Waals surface area contributed by atoms with E-state index in [-0.39, 0.29) is 12.3 Å². The number of carbonyl (C=O) groups is 2. The smallest absolute Gasteiger partial charge is 0.308 e. The van der Waals surface area contributed by atoms with Gasteiger partial charge < -0.3 is 19.4 Å². The summed E-state index contributed by atoms with van der Waals surface area (Å²) in [5, 5.41) is 16.0. The van der Waals surface area contributed by atoms with Gasteiger partial charge in [0.15, 0.2) is 0 Å². The predicted molar refractivity (Wildman–Crippen MR) is 92.9 cm³/mol. The van der Waals surface area contributed by atoms with Gasteiger partial charge in [-0.3, -0.25) is 9.59 Å². The van der Waals surface area contributed by atoms with Crippen LogP contribution < -0.4 is 5.32 Å². The average Bonchev–Trinajstić information content (AvgIpc) is 3.13. The van der Waals surface area contributed by atoms with E-state index in [0.29, 0.717) is 28.1 Å². The van der Waals surface area contributed by atoms with E-state index in [9.17, 15) is 9.59 Å². The lowest BCUT2D eigenvalue weighted by Gasteiger charge is -2.10. The molecule has 0 aliphatic heterocycles. The fourth-order valence-corrected chi connectivity index (χ4v) is 2.73. The molecular formula is C18H19N3O5. The SMILES string of the molecule is Cc1cc(-c2cc(C(=O)NCC(C)C(=O)O)c3c(C)noc3n2)c(C)o1. The van der Waals surface area contributed by atoms with Crippen molar-refractivity contribution in [3.8, 4) is 11.3 Å². The lowest BCUT2D eigenvalue weighted by Crippen LogP contribution is -2.31. The van der Waals surface area contributed by atoms with E-state index in [2.05, 4.69) is 15.5 Å². The van der Waals surface area contributed by atoms with Crippen LogP contribution in [0.4, 0.5) is 0 Å². The number of rotatable bonds is 5. The molecule has 0 saturated carbocycles. The van der Waals surface area contributed by atoms with E-state index in [1.165, 1.54) is 6.92 Å². The number of nitrogens with zero attached hydrogens (tertiary/aromatic N) is 2. The number of fused-ring (bicyclic) bond motifs is 1. The van der Waals surface area contributed by atoms with Crippen LogP contribution in [0.2, 0.25) is 0 Å². The third-order valence-corrected chi connectivity index (χ3v) is 4.17. The maximum atomic E-state index is 12.7. The summed E-state index contributed by atoms with van der Waals surface area (Å²) in [5.41, 5.74) is 2.40. The van der Waals surface area contributed by atoms with Crippen molar-refractivity contribution in [1.29, 1.82) is 0 Å². The maximum absolute atomic E-state index is 12.7. The van der Waals surface area contributed by atoms with E-state index < -0.39 is 17.8 Å². The highest BCUT2D eigenvalue weighted by molar-refractivity contribution is 6.07. The quantitative estimate of drug-likeness (QED) is 0.720. The van der Waals surface area contributed by atoms with Crippen LogP contribution >= 0.6 is 0 Å². The fourth-order valence-electron chi connectivity index (χ4n) is 2.73. The highest BCUT2D eigenvalue weighted by Gasteiger charge is 2.22. The highest BCUT2D eigenvalue weighted by Crippen LogP contribution is 2.30. The fraction of sp³-hybridized carbons (Fsp3) is 0.333. The van der Waals surface area contributed by atoms with Crippen LogP contribution in [0.1, 0.15) is 34.5 Å². The second-order valence-electron chi connectivity index (χ2n) is 6.28. The Kier molecular flexibility index (Phi) is 4.50. The van der Waals surface area contributed by atoms with Gasteiger partial charge in [0.2, 0.25) is 0 Å². The minimum Gasteiger partial charge on any atom is -0.481 e. The van der Waals surface area contributed by atoms with Crippen molar-refractivity contribution in [1.82, 2.24) is 15.5 Å². The molecule has 26 heavy (non-hydrogen) atoms. The first-order valence-electron chi connectivity index (χ1n) is 8.13. The molecule has 0 radical (unpaired) electrons. The molecule has 3 heterocycles. The molecule has 2 N–H and O–H groups in total. The van der Waals surface area contributed by atoms with Gasteiger partial charge in [-0.1, -0.05) is 12.1 Å². The minimum absolute atomic E-state index is 0.0154. The molecule has 3 aromatic rings. The topological polar surface area (TPSA) is 118 Å². The van der Waals surface area contributed by atoms with Gasteiger partial charge in [-0.2, -0.15) is 0 Å². The van der Waals surface area contributed by atoms with Gasteiger partial charge in [0, 0.05) is 12.1 Å². The van der Waals surface area contributed by atoms with Crippen molar-refractivity contribution in [2.75, 3.05) is 6.54 Å². The molecule has 1 atom stereocenters. The largest absolute Gasteiger partial charge is 0.481 e. The number of aromatic nitrogens is 2. The van der Waals surface area contributed by atoms with Crippen LogP contribution in [0.5, 0.6) is 0 Å². The zero-order chi connectivity index (χ0) is 19.0. The zero-order valence-electron chi connectivity index (χ0n) is 14.9. The number of carboxylic acids is 1. The second-order valence-corrected chi connectivity index (χ2v) is 6.28. The van der Waals surface area contributed by atoms with Gasteiger partial charge in [0.05, 0.1) is 28.3 Å². The molecule has 3 rings (SSSR count).